The van der Waals surface area contributed by atoms with Crippen LogP contribution in [0, 0.1) is 0 Å². The number of nitrogens with zero attached hydrogens (tertiary/aromatic N) is 2. The maximum absolute atomic E-state index is 5.93. The zero-order chi connectivity index (χ0) is 12.4. The second kappa shape index (κ2) is 5.06. The Labute approximate surface area is 109 Å². The van der Waals surface area contributed by atoms with Crippen LogP contribution in [0.4, 0.5) is 0 Å². The van der Waals surface area contributed by atoms with E-state index in [1.807, 2.05) is 12.1 Å². The van der Waals surface area contributed by atoms with E-state index in [4.69, 9.17) is 20.9 Å². The summed E-state index contributed by atoms with van der Waals surface area (Å²) in [7, 11) is 0. The van der Waals surface area contributed by atoms with Gasteiger partial charge in [0.2, 0.25) is 5.82 Å². The topological polar surface area (TPSA) is 60.2 Å². The molecule has 1 fully saturated rings. The summed E-state index contributed by atoms with van der Waals surface area (Å²) in [6.45, 7) is 2.20. The number of nitrogens with one attached hydrogen (secondary N) is 1. The molecular formula is C12H12ClN3O2. The van der Waals surface area contributed by atoms with E-state index in [-0.39, 0.29) is 6.10 Å². The standard InChI is InChI=1S/C12H12ClN3O2/c13-9-3-1-2-8(6-9)11-15-12(18-16-11)10-7-14-4-5-17-10/h1-3,6,10,14H,4-5,7H2/t10-/m1/s1. The van der Waals surface area contributed by atoms with Crippen molar-refractivity contribution in [2.45, 2.75) is 6.10 Å². The molecule has 1 aliphatic heterocycles. The number of rotatable bonds is 2. The SMILES string of the molecule is Clc1cccc(-c2noc([C@H]3CNCCO3)n2)c1. The van der Waals surface area contributed by atoms with Gasteiger partial charge < -0.3 is 14.6 Å². The Morgan fingerprint density at radius 1 is 1.39 bits per heavy atom. The Hall–Kier alpha value is -1.43. The lowest BCUT2D eigenvalue weighted by Gasteiger charge is -2.19. The maximum Gasteiger partial charge on any atom is 0.257 e. The Bertz CT molecular complexity index is 538. The number of benzene rings is 1. The number of morpholine rings is 1. The van der Waals surface area contributed by atoms with E-state index >= 15 is 0 Å². The van der Waals surface area contributed by atoms with E-state index in [1.54, 1.807) is 12.1 Å². The number of aromatic nitrogens is 2. The molecule has 3 rings (SSSR count). The van der Waals surface area contributed by atoms with E-state index in [9.17, 15) is 0 Å². The molecule has 0 radical (unpaired) electrons. The Balaban J connectivity index is 1.84. The molecule has 2 aromatic rings. The number of hydrogen-bond donors (Lipinski definition) is 1. The number of ether oxygens (including phenoxy) is 1. The molecule has 0 unspecified atom stereocenters. The van der Waals surface area contributed by atoms with Gasteiger partial charge in [-0.15, -0.1) is 0 Å². The Kier molecular flexibility index (Phi) is 3.27. The fourth-order valence-corrected chi connectivity index (χ4v) is 2.03. The van der Waals surface area contributed by atoms with Crippen LogP contribution in [0.15, 0.2) is 28.8 Å². The molecule has 0 spiro atoms. The molecule has 1 aromatic heterocycles. The minimum Gasteiger partial charge on any atom is -0.366 e. The first kappa shape index (κ1) is 11.6. The molecule has 0 bridgehead atoms. The molecule has 0 amide bonds. The minimum atomic E-state index is -0.167. The second-order valence-corrected chi connectivity index (χ2v) is 4.47. The third kappa shape index (κ3) is 2.38. The predicted molar refractivity (Wildman–Crippen MR) is 66.3 cm³/mol. The lowest BCUT2D eigenvalue weighted by Crippen LogP contribution is -2.33. The van der Waals surface area contributed by atoms with Crippen LogP contribution in [0.3, 0.4) is 0 Å². The summed E-state index contributed by atoms with van der Waals surface area (Å²) in [4.78, 5) is 4.34. The highest BCUT2D eigenvalue weighted by atomic mass is 35.5. The van der Waals surface area contributed by atoms with Crippen LogP contribution < -0.4 is 5.32 Å². The molecule has 1 N–H and O–H groups in total. The Morgan fingerprint density at radius 2 is 2.33 bits per heavy atom. The number of hydrogen-bond acceptors (Lipinski definition) is 5. The van der Waals surface area contributed by atoms with Gasteiger partial charge in [-0.2, -0.15) is 4.98 Å². The van der Waals surface area contributed by atoms with Crippen molar-refractivity contribution in [1.29, 1.82) is 0 Å². The van der Waals surface area contributed by atoms with E-state index < -0.39 is 0 Å². The quantitative estimate of drug-likeness (QED) is 0.901. The van der Waals surface area contributed by atoms with Crippen molar-refractivity contribution >= 4 is 11.6 Å². The molecule has 2 heterocycles. The highest BCUT2D eigenvalue weighted by Gasteiger charge is 2.22. The van der Waals surface area contributed by atoms with Crippen molar-refractivity contribution in [1.82, 2.24) is 15.5 Å². The zero-order valence-corrected chi connectivity index (χ0v) is 10.4. The molecule has 0 aliphatic carbocycles. The monoisotopic (exact) mass is 265 g/mol. The lowest BCUT2D eigenvalue weighted by atomic mass is 10.2. The van der Waals surface area contributed by atoms with Crippen molar-refractivity contribution in [3.8, 4) is 11.4 Å². The fraction of sp³-hybridized carbons (Fsp3) is 0.333. The van der Waals surface area contributed by atoms with Gasteiger partial charge in [-0.1, -0.05) is 28.9 Å². The summed E-state index contributed by atoms with van der Waals surface area (Å²) in [5.74, 6) is 1.03. The molecule has 1 atom stereocenters. The molecule has 94 valence electrons. The van der Waals surface area contributed by atoms with Gasteiger partial charge in [-0.25, -0.2) is 0 Å². The van der Waals surface area contributed by atoms with Crippen molar-refractivity contribution in [2.75, 3.05) is 19.7 Å². The van der Waals surface area contributed by atoms with E-state index in [2.05, 4.69) is 15.5 Å². The smallest absolute Gasteiger partial charge is 0.257 e. The highest BCUT2D eigenvalue weighted by Crippen LogP contribution is 2.23. The third-order valence-corrected chi connectivity index (χ3v) is 2.96. The fourth-order valence-electron chi connectivity index (χ4n) is 1.83. The van der Waals surface area contributed by atoms with Crippen LogP contribution in [0.25, 0.3) is 11.4 Å². The van der Waals surface area contributed by atoms with Gasteiger partial charge in [0.15, 0.2) is 0 Å². The molecule has 1 saturated heterocycles. The Morgan fingerprint density at radius 3 is 3.11 bits per heavy atom. The molecule has 1 aliphatic rings. The maximum atomic E-state index is 5.93. The van der Waals surface area contributed by atoms with Crippen molar-refractivity contribution in [3.63, 3.8) is 0 Å². The molecule has 18 heavy (non-hydrogen) atoms. The summed E-state index contributed by atoms with van der Waals surface area (Å²) < 4.78 is 10.8. The molecule has 1 aromatic carbocycles. The molecule has 5 nitrogen and oxygen atoms in total. The largest absolute Gasteiger partial charge is 0.366 e. The first-order valence-corrected chi connectivity index (χ1v) is 6.12. The predicted octanol–water partition coefficient (Wildman–Crippen LogP) is 2.05. The van der Waals surface area contributed by atoms with Crippen LogP contribution in [-0.2, 0) is 4.74 Å². The summed E-state index contributed by atoms with van der Waals surface area (Å²) in [6.07, 6.45) is -0.167. The average molecular weight is 266 g/mol. The second-order valence-electron chi connectivity index (χ2n) is 4.03. The molecule has 6 heteroatoms. The van der Waals surface area contributed by atoms with Crippen molar-refractivity contribution in [3.05, 3.63) is 35.2 Å². The number of halogens is 1. The average Bonchev–Trinajstić information content (AvgIpc) is 2.89. The summed E-state index contributed by atoms with van der Waals surface area (Å²) in [6, 6.07) is 7.35. The van der Waals surface area contributed by atoms with E-state index in [0.29, 0.717) is 29.9 Å². The summed E-state index contributed by atoms with van der Waals surface area (Å²) >= 11 is 5.93. The van der Waals surface area contributed by atoms with Gasteiger partial charge in [0.1, 0.15) is 6.10 Å². The normalized spacial score (nSPS) is 19.9. The van der Waals surface area contributed by atoms with Gasteiger partial charge in [-0.05, 0) is 12.1 Å². The van der Waals surface area contributed by atoms with Gasteiger partial charge >= 0.3 is 0 Å². The minimum absolute atomic E-state index is 0.167. The van der Waals surface area contributed by atoms with Gasteiger partial charge in [0.25, 0.3) is 5.89 Å². The van der Waals surface area contributed by atoms with Crippen LogP contribution >= 0.6 is 11.6 Å². The molecule has 0 saturated carbocycles. The first-order chi connectivity index (χ1) is 8.83. The first-order valence-electron chi connectivity index (χ1n) is 5.75. The zero-order valence-electron chi connectivity index (χ0n) is 9.60. The van der Waals surface area contributed by atoms with Crippen LogP contribution in [0.1, 0.15) is 12.0 Å². The summed E-state index contributed by atoms with van der Waals surface area (Å²) in [5.41, 5.74) is 0.835. The van der Waals surface area contributed by atoms with E-state index in [1.165, 1.54) is 0 Å². The van der Waals surface area contributed by atoms with Gasteiger partial charge in [0, 0.05) is 23.7 Å². The van der Waals surface area contributed by atoms with Crippen LogP contribution in [0.5, 0.6) is 0 Å². The highest BCUT2D eigenvalue weighted by molar-refractivity contribution is 6.30. The molecular weight excluding hydrogens is 254 g/mol. The van der Waals surface area contributed by atoms with Crippen molar-refractivity contribution in [2.24, 2.45) is 0 Å². The lowest BCUT2D eigenvalue weighted by molar-refractivity contribution is 0.00755. The van der Waals surface area contributed by atoms with Gasteiger partial charge in [-0.3, -0.25) is 0 Å². The third-order valence-electron chi connectivity index (χ3n) is 2.73. The van der Waals surface area contributed by atoms with E-state index in [0.717, 1.165) is 12.1 Å². The summed E-state index contributed by atoms with van der Waals surface area (Å²) in [5, 5.41) is 7.82. The van der Waals surface area contributed by atoms with Gasteiger partial charge in [0.05, 0.1) is 6.61 Å². The van der Waals surface area contributed by atoms with Crippen LogP contribution in [-0.4, -0.2) is 29.8 Å². The van der Waals surface area contributed by atoms with Crippen LogP contribution in [0.2, 0.25) is 5.02 Å². The van der Waals surface area contributed by atoms with Crippen molar-refractivity contribution < 1.29 is 9.26 Å².